The number of rotatable bonds is 5. The molecule has 0 unspecified atom stereocenters. The topological polar surface area (TPSA) is 48.1 Å². The quantitative estimate of drug-likeness (QED) is 0.836. The van der Waals surface area contributed by atoms with Gasteiger partial charge in [-0.2, -0.15) is 13.2 Å². The van der Waals surface area contributed by atoms with E-state index in [9.17, 15) is 13.2 Å². The van der Waals surface area contributed by atoms with Gasteiger partial charge < -0.3 is 10.5 Å². The lowest BCUT2D eigenvalue weighted by Gasteiger charge is -2.10. The summed E-state index contributed by atoms with van der Waals surface area (Å²) >= 11 is 5.89. The van der Waals surface area contributed by atoms with Gasteiger partial charge in [0.2, 0.25) is 5.88 Å². The van der Waals surface area contributed by atoms with Crippen LogP contribution in [-0.2, 0) is 6.54 Å². The first-order chi connectivity index (χ1) is 7.94. The van der Waals surface area contributed by atoms with Gasteiger partial charge in [-0.1, -0.05) is 11.6 Å². The Labute approximate surface area is 102 Å². The van der Waals surface area contributed by atoms with Crippen LogP contribution in [0.15, 0.2) is 12.3 Å². The molecule has 0 bridgehead atoms. The van der Waals surface area contributed by atoms with Crippen LogP contribution in [-0.4, -0.2) is 17.8 Å². The molecular weight excluding hydrogens is 257 g/mol. The Morgan fingerprint density at radius 3 is 2.71 bits per heavy atom. The van der Waals surface area contributed by atoms with Gasteiger partial charge in [0.1, 0.15) is 5.02 Å². The van der Waals surface area contributed by atoms with E-state index in [1.54, 1.807) is 6.07 Å². The molecular formula is C10H12ClF3N2O. The summed E-state index contributed by atoms with van der Waals surface area (Å²) in [7, 11) is 0. The number of pyridine rings is 1. The molecule has 0 amide bonds. The van der Waals surface area contributed by atoms with Gasteiger partial charge in [0, 0.05) is 19.2 Å². The Kier molecular flexibility index (Phi) is 5.02. The molecule has 7 heteroatoms. The molecule has 0 aliphatic heterocycles. The summed E-state index contributed by atoms with van der Waals surface area (Å²) in [5, 5.41) is 0.252. The van der Waals surface area contributed by atoms with Gasteiger partial charge >= 0.3 is 6.18 Å². The highest BCUT2D eigenvalue weighted by Gasteiger charge is 2.26. The van der Waals surface area contributed by atoms with Crippen molar-refractivity contribution in [3.8, 4) is 5.88 Å². The van der Waals surface area contributed by atoms with Gasteiger partial charge in [0.15, 0.2) is 0 Å². The van der Waals surface area contributed by atoms with Crippen LogP contribution < -0.4 is 10.5 Å². The summed E-state index contributed by atoms with van der Waals surface area (Å²) in [5.74, 6) is 0.122. The molecule has 0 fully saturated rings. The summed E-state index contributed by atoms with van der Waals surface area (Å²) in [6, 6.07) is 1.63. The maximum absolute atomic E-state index is 11.9. The third kappa shape index (κ3) is 4.79. The minimum Gasteiger partial charge on any atom is -0.477 e. The summed E-state index contributed by atoms with van der Waals surface area (Å²) in [6.07, 6.45) is -3.73. The van der Waals surface area contributed by atoms with Gasteiger partial charge in [0.05, 0.1) is 6.61 Å². The van der Waals surface area contributed by atoms with Crippen molar-refractivity contribution in [1.82, 2.24) is 4.98 Å². The van der Waals surface area contributed by atoms with Crippen molar-refractivity contribution in [2.75, 3.05) is 6.61 Å². The summed E-state index contributed by atoms with van der Waals surface area (Å²) in [5.41, 5.74) is 6.06. The van der Waals surface area contributed by atoms with E-state index in [0.29, 0.717) is 5.56 Å². The average molecular weight is 269 g/mol. The minimum atomic E-state index is -4.17. The van der Waals surface area contributed by atoms with Crippen molar-refractivity contribution in [1.29, 1.82) is 0 Å². The zero-order valence-electron chi connectivity index (χ0n) is 8.93. The fourth-order valence-electron chi connectivity index (χ4n) is 1.16. The van der Waals surface area contributed by atoms with Crippen molar-refractivity contribution in [3.05, 3.63) is 22.8 Å². The fourth-order valence-corrected chi connectivity index (χ4v) is 1.41. The van der Waals surface area contributed by atoms with E-state index in [2.05, 4.69) is 4.98 Å². The Bertz CT molecular complexity index is 371. The van der Waals surface area contributed by atoms with Gasteiger partial charge in [-0.05, 0) is 18.1 Å². The number of aromatic nitrogens is 1. The number of nitrogens with two attached hydrogens (primary N) is 1. The average Bonchev–Trinajstić information content (AvgIpc) is 2.25. The number of ether oxygens (including phenoxy) is 1. The first-order valence-electron chi connectivity index (χ1n) is 4.97. The molecule has 1 heterocycles. The Morgan fingerprint density at radius 2 is 2.12 bits per heavy atom. The number of alkyl halides is 3. The monoisotopic (exact) mass is 268 g/mol. The van der Waals surface area contributed by atoms with Gasteiger partial charge in [-0.25, -0.2) is 4.98 Å². The zero-order valence-corrected chi connectivity index (χ0v) is 9.68. The SMILES string of the molecule is NCc1ccnc(OCCCC(F)(F)F)c1Cl. The molecule has 0 aliphatic carbocycles. The summed E-state index contributed by atoms with van der Waals surface area (Å²) < 4.78 is 40.7. The Balaban J connectivity index is 2.47. The molecule has 1 aromatic heterocycles. The third-order valence-corrected chi connectivity index (χ3v) is 2.40. The maximum Gasteiger partial charge on any atom is 0.389 e. The van der Waals surface area contributed by atoms with Crippen LogP contribution in [0.1, 0.15) is 18.4 Å². The molecule has 0 radical (unpaired) electrons. The fraction of sp³-hybridized carbons (Fsp3) is 0.500. The van der Waals surface area contributed by atoms with Crippen LogP contribution in [0, 0.1) is 0 Å². The molecule has 17 heavy (non-hydrogen) atoms. The highest BCUT2D eigenvalue weighted by atomic mass is 35.5. The van der Waals surface area contributed by atoms with Crippen LogP contribution in [0.2, 0.25) is 5.02 Å². The Hall–Kier alpha value is -1.01. The zero-order chi connectivity index (χ0) is 12.9. The normalized spacial score (nSPS) is 11.6. The van der Waals surface area contributed by atoms with Crippen molar-refractivity contribution >= 4 is 11.6 Å². The molecule has 3 nitrogen and oxygen atoms in total. The molecule has 0 spiro atoms. The molecule has 0 aliphatic rings. The van der Waals surface area contributed by atoms with E-state index < -0.39 is 12.6 Å². The smallest absolute Gasteiger partial charge is 0.389 e. The van der Waals surface area contributed by atoms with Crippen molar-refractivity contribution in [3.63, 3.8) is 0 Å². The molecule has 96 valence electrons. The standard InChI is InChI=1S/C10H12ClF3N2O/c11-8-7(6-15)2-4-16-9(8)17-5-1-3-10(12,13)14/h2,4H,1,3,5-6,15H2. The molecule has 0 saturated carbocycles. The van der Waals surface area contributed by atoms with Crippen LogP contribution in [0.4, 0.5) is 13.2 Å². The number of nitrogens with zero attached hydrogens (tertiary/aromatic N) is 1. The highest BCUT2D eigenvalue weighted by molar-refractivity contribution is 6.32. The molecule has 0 saturated heterocycles. The van der Waals surface area contributed by atoms with E-state index >= 15 is 0 Å². The van der Waals surface area contributed by atoms with E-state index in [4.69, 9.17) is 22.1 Å². The number of hydrogen-bond donors (Lipinski definition) is 1. The van der Waals surface area contributed by atoms with Gasteiger partial charge in [-0.3, -0.25) is 0 Å². The minimum absolute atomic E-state index is 0.0831. The number of halogens is 4. The Morgan fingerprint density at radius 1 is 1.41 bits per heavy atom. The van der Waals surface area contributed by atoms with Gasteiger partial charge in [-0.15, -0.1) is 0 Å². The molecule has 1 rings (SSSR count). The van der Waals surface area contributed by atoms with Crippen molar-refractivity contribution < 1.29 is 17.9 Å². The third-order valence-electron chi connectivity index (χ3n) is 2.00. The maximum atomic E-state index is 11.9. The predicted octanol–water partition coefficient (Wildman–Crippen LogP) is 2.92. The van der Waals surface area contributed by atoms with Crippen LogP contribution in [0.25, 0.3) is 0 Å². The molecule has 2 N–H and O–H groups in total. The van der Waals surface area contributed by atoms with Crippen molar-refractivity contribution in [2.24, 2.45) is 5.73 Å². The molecule has 1 aromatic rings. The van der Waals surface area contributed by atoms with Crippen LogP contribution in [0.3, 0.4) is 0 Å². The first-order valence-corrected chi connectivity index (χ1v) is 5.35. The van der Waals surface area contributed by atoms with E-state index in [-0.39, 0.29) is 30.5 Å². The lowest BCUT2D eigenvalue weighted by atomic mass is 10.2. The second kappa shape index (κ2) is 6.07. The lowest BCUT2D eigenvalue weighted by Crippen LogP contribution is -2.10. The van der Waals surface area contributed by atoms with E-state index in [1.165, 1.54) is 6.20 Å². The lowest BCUT2D eigenvalue weighted by molar-refractivity contribution is -0.136. The second-order valence-electron chi connectivity index (χ2n) is 3.36. The largest absolute Gasteiger partial charge is 0.477 e. The van der Waals surface area contributed by atoms with Gasteiger partial charge in [0.25, 0.3) is 0 Å². The first kappa shape index (κ1) is 14.1. The van der Waals surface area contributed by atoms with E-state index in [0.717, 1.165) is 0 Å². The van der Waals surface area contributed by atoms with E-state index in [1.807, 2.05) is 0 Å². The highest BCUT2D eigenvalue weighted by Crippen LogP contribution is 2.26. The predicted molar refractivity (Wildman–Crippen MR) is 57.9 cm³/mol. The number of hydrogen-bond acceptors (Lipinski definition) is 3. The second-order valence-corrected chi connectivity index (χ2v) is 3.74. The van der Waals surface area contributed by atoms with Crippen LogP contribution in [0.5, 0.6) is 5.88 Å². The van der Waals surface area contributed by atoms with Crippen LogP contribution >= 0.6 is 11.6 Å². The van der Waals surface area contributed by atoms with Crippen molar-refractivity contribution in [2.45, 2.75) is 25.6 Å². The summed E-state index contributed by atoms with van der Waals surface area (Å²) in [4.78, 5) is 3.83. The molecule has 0 aromatic carbocycles. The summed E-state index contributed by atoms with van der Waals surface area (Å²) in [6.45, 7) is 0.139. The molecule has 0 atom stereocenters.